The smallest absolute Gasteiger partial charge is 0.0492 e. The summed E-state index contributed by atoms with van der Waals surface area (Å²) in [7, 11) is 0. The van der Waals surface area contributed by atoms with E-state index in [1.54, 1.807) is 0 Å². The normalized spacial score (nSPS) is 10.4. The fraction of sp³-hybridized carbons (Fsp3) is 0.273. The van der Waals surface area contributed by atoms with Crippen molar-refractivity contribution in [1.82, 2.24) is 14.8 Å². The van der Waals surface area contributed by atoms with E-state index in [-0.39, 0.29) is 0 Å². The summed E-state index contributed by atoms with van der Waals surface area (Å²) in [5, 5.41) is 4.23. The van der Waals surface area contributed by atoms with Crippen molar-refractivity contribution in [3.63, 3.8) is 0 Å². The quantitative estimate of drug-likeness (QED) is 0.734. The van der Waals surface area contributed by atoms with Crippen molar-refractivity contribution in [2.45, 2.75) is 19.9 Å². The Morgan fingerprint density at radius 3 is 2.57 bits per heavy atom. The van der Waals surface area contributed by atoms with Crippen molar-refractivity contribution in [3.8, 4) is 0 Å². The largest absolute Gasteiger partial charge is 0.270 e. The second kappa shape index (κ2) is 4.05. The van der Waals surface area contributed by atoms with Crippen molar-refractivity contribution in [2.75, 3.05) is 0 Å². The minimum atomic E-state index is 0.933. The summed E-state index contributed by atoms with van der Waals surface area (Å²) >= 11 is 0. The van der Waals surface area contributed by atoms with Crippen LogP contribution in [-0.2, 0) is 13.0 Å². The van der Waals surface area contributed by atoms with Crippen LogP contribution in [0.5, 0.6) is 0 Å². The first-order chi connectivity index (χ1) is 6.86. The zero-order valence-electron chi connectivity index (χ0n) is 8.22. The molecule has 0 N–H and O–H groups in total. The molecule has 72 valence electrons. The number of aromatic nitrogens is 3. The monoisotopic (exact) mass is 187 g/mol. The maximum absolute atomic E-state index is 4.23. The van der Waals surface area contributed by atoms with Gasteiger partial charge in [-0.1, -0.05) is 0 Å². The summed E-state index contributed by atoms with van der Waals surface area (Å²) < 4.78 is 2.01. The molecule has 0 aliphatic rings. The highest BCUT2D eigenvalue weighted by Crippen LogP contribution is 2.02. The highest BCUT2D eigenvalue weighted by Gasteiger charge is 1.97. The van der Waals surface area contributed by atoms with E-state index in [1.807, 2.05) is 41.5 Å². The summed E-state index contributed by atoms with van der Waals surface area (Å²) in [6.07, 6.45) is 6.49. The summed E-state index contributed by atoms with van der Waals surface area (Å²) in [6, 6.07) is 6.10. The number of rotatable bonds is 3. The molecular formula is C11H13N3. The molecule has 0 fully saturated rings. The number of nitrogens with zero attached hydrogens (tertiary/aromatic N) is 3. The number of pyridine rings is 1. The van der Waals surface area contributed by atoms with E-state index >= 15 is 0 Å². The van der Waals surface area contributed by atoms with Gasteiger partial charge in [-0.3, -0.25) is 9.67 Å². The Bertz CT molecular complexity index is 392. The third-order valence-corrected chi connectivity index (χ3v) is 2.29. The molecule has 0 atom stereocenters. The lowest BCUT2D eigenvalue weighted by molar-refractivity contribution is 0.598. The Kier molecular flexibility index (Phi) is 2.58. The van der Waals surface area contributed by atoms with Crippen LogP contribution in [0.15, 0.2) is 36.8 Å². The van der Waals surface area contributed by atoms with Crippen LogP contribution < -0.4 is 0 Å². The van der Waals surface area contributed by atoms with Gasteiger partial charge in [-0.15, -0.1) is 0 Å². The van der Waals surface area contributed by atoms with E-state index in [1.165, 1.54) is 11.3 Å². The summed E-state index contributed by atoms with van der Waals surface area (Å²) in [5.41, 5.74) is 2.51. The molecule has 14 heavy (non-hydrogen) atoms. The van der Waals surface area contributed by atoms with E-state index in [4.69, 9.17) is 0 Å². The second-order valence-corrected chi connectivity index (χ2v) is 3.30. The zero-order valence-corrected chi connectivity index (χ0v) is 8.22. The molecule has 3 nitrogen and oxygen atoms in total. The topological polar surface area (TPSA) is 30.7 Å². The summed E-state index contributed by atoms with van der Waals surface area (Å²) in [5.74, 6) is 0. The van der Waals surface area contributed by atoms with Gasteiger partial charge < -0.3 is 0 Å². The third kappa shape index (κ3) is 1.99. The molecule has 0 saturated carbocycles. The Morgan fingerprint density at radius 2 is 1.93 bits per heavy atom. The Labute approximate surface area is 83.4 Å². The van der Waals surface area contributed by atoms with Crippen molar-refractivity contribution < 1.29 is 0 Å². The minimum Gasteiger partial charge on any atom is -0.270 e. The maximum Gasteiger partial charge on any atom is 0.0492 e. The van der Waals surface area contributed by atoms with Gasteiger partial charge in [0.25, 0.3) is 0 Å². The maximum atomic E-state index is 4.23. The summed E-state index contributed by atoms with van der Waals surface area (Å²) in [6.45, 7) is 3.00. The Morgan fingerprint density at radius 1 is 1.14 bits per heavy atom. The first kappa shape index (κ1) is 8.94. The highest BCUT2D eigenvalue weighted by atomic mass is 15.3. The van der Waals surface area contributed by atoms with Gasteiger partial charge in [0.1, 0.15) is 0 Å². The molecule has 2 aromatic rings. The lowest BCUT2D eigenvalue weighted by atomic mass is 10.2. The number of hydrogen-bond acceptors (Lipinski definition) is 2. The second-order valence-electron chi connectivity index (χ2n) is 3.30. The first-order valence-corrected chi connectivity index (χ1v) is 4.73. The molecule has 0 amide bonds. The lowest BCUT2D eigenvalue weighted by Gasteiger charge is -2.03. The van der Waals surface area contributed by atoms with Gasteiger partial charge in [-0.2, -0.15) is 5.10 Å². The minimum absolute atomic E-state index is 0.933. The van der Waals surface area contributed by atoms with Crippen LogP contribution in [0.25, 0.3) is 0 Å². The average molecular weight is 187 g/mol. The van der Waals surface area contributed by atoms with Crippen LogP contribution in [0, 0.1) is 6.92 Å². The van der Waals surface area contributed by atoms with Crippen molar-refractivity contribution in [1.29, 1.82) is 0 Å². The predicted molar refractivity (Wildman–Crippen MR) is 54.9 cm³/mol. The molecule has 0 saturated heterocycles. The van der Waals surface area contributed by atoms with Crippen LogP contribution in [0.4, 0.5) is 0 Å². The molecule has 0 radical (unpaired) electrons. The van der Waals surface area contributed by atoms with E-state index in [2.05, 4.69) is 17.0 Å². The van der Waals surface area contributed by atoms with Gasteiger partial charge in [0.2, 0.25) is 0 Å². The van der Waals surface area contributed by atoms with E-state index < -0.39 is 0 Å². The molecule has 2 aromatic heterocycles. The Hall–Kier alpha value is -1.64. The lowest BCUT2D eigenvalue weighted by Crippen LogP contribution is -2.04. The predicted octanol–water partition coefficient (Wildman–Crippen LogP) is 1.83. The van der Waals surface area contributed by atoms with E-state index in [9.17, 15) is 0 Å². The first-order valence-electron chi connectivity index (χ1n) is 4.73. The van der Waals surface area contributed by atoms with E-state index in [0.717, 1.165) is 13.0 Å². The van der Waals surface area contributed by atoms with Gasteiger partial charge >= 0.3 is 0 Å². The molecular weight excluding hydrogens is 174 g/mol. The van der Waals surface area contributed by atoms with Crippen LogP contribution in [0.1, 0.15) is 11.3 Å². The van der Waals surface area contributed by atoms with Gasteiger partial charge in [-0.25, -0.2) is 0 Å². The Balaban J connectivity index is 1.99. The van der Waals surface area contributed by atoms with Crippen LogP contribution in [-0.4, -0.2) is 14.8 Å². The molecule has 0 bridgehead atoms. The summed E-state index contributed by atoms with van der Waals surface area (Å²) in [4.78, 5) is 3.99. The molecule has 0 spiro atoms. The van der Waals surface area contributed by atoms with Crippen LogP contribution in [0.2, 0.25) is 0 Å². The zero-order chi connectivity index (χ0) is 9.80. The molecule has 2 heterocycles. The molecule has 0 aliphatic carbocycles. The SMILES string of the molecule is Cc1ccnn1CCc1ccncc1. The van der Waals surface area contributed by atoms with Crippen LogP contribution >= 0.6 is 0 Å². The van der Waals surface area contributed by atoms with Crippen molar-refractivity contribution >= 4 is 0 Å². The number of hydrogen-bond donors (Lipinski definition) is 0. The third-order valence-electron chi connectivity index (χ3n) is 2.29. The van der Waals surface area contributed by atoms with E-state index in [0.29, 0.717) is 0 Å². The number of aryl methyl sites for hydroxylation is 3. The fourth-order valence-electron chi connectivity index (χ4n) is 1.42. The molecule has 0 aromatic carbocycles. The molecule has 0 aliphatic heterocycles. The van der Waals surface area contributed by atoms with Crippen LogP contribution in [0.3, 0.4) is 0 Å². The van der Waals surface area contributed by atoms with Gasteiger partial charge in [0.15, 0.2) is 0 Å². The molecule has 0 unspecified atom stereocenters. The standard InChI is InChI=1S/C11H13N3/c1-10-2-8-13-14(10)9-5-11-3-6-12-7-4-11/h2-4,6-8H,5,9H2,1H3. The van der Waals surface area contributed by atoms with Gasteiger partial charge in [-0.05, 0) is 37.1 Å². The average Bonchev–Trinajstić information content (AvgIpc) is 2.63. The van der Waals surface area contributed by atoms with Gasteiger partial charge in [0.05, 0.1) is 0 Å². The van der Waals surface area contributed by atoms with Crippen molar-refractivity contribution in [2.24, 2.45) is 0 Å². The highest BCUT2D eigenvalue weighted by molar-refractivity contribution is 5.09. The molecule has 3 heteroatoms. The van der Waals surface area contributed by atoms with Gasteiger partial charge in [0, 0.05) is 30.8 Å². The fourth-order valence-corrected chi connectivity index (χ4v) is 1.42. The van der Waals surface area contributed by atoms with Crippen molar-refractivity contribution in [3.05, 3.63) is 48.0 Å². The molecule has 2 rings (SSSR count).